The highest BCUT2D eigenvalue weighted by Gasteiger charge is 2.29. The lowest BCUT2D eigenvalue weighted by Gasteiger charge is -2.26. The zero-order chi connectivity index (χ0) is 14.5. The highest BCUT2D eigenvalue weighted by molar-refractivity contribution is 5.84. The van der Waals surface area contributed by atoms with Crippen molar-refractivity contribution in [3.05, 3.63) is 0 Å². The molecule has 0 aromatic rings. The lowest BCUT2D eigenvalue weighted by Crippen LogP contribution is -2.50. The van der Waals surface area contributed by atoms with E-state index in [-0.39, 0.29) is 12.5 Å². The standard InChI is InChI=1S/C11H21N3O4/c1-7(8(15)16)14(5)10(18)13-6-11(2,3)9(17)12-4/h7H,6H2,1-5H3,(H,12,17)(H,13,18)(H,15,16). The average molecular weight is 259 g/mol. The fourth-order valence-electron chi connectivity index (χ4n) is 1.18. The molecule has 0 saturated carbocycles. The van der Waals surface area contributed by atoms with Crippen LogP contribution >= 0.6 is 0 Å². The van der Waals surface area contributed by atoms with E-state index in [4.69, 9.17) is 5.11 Å². The summed E-state index contributed by atoms with van der Waals surface area (Å²) in [6, 6.07) is -1.45. The predicted molar refractivity (Wildman–Crippen MR) is 66.1 cm³/mol. The van der Waals surface area contributed by atoms with Gasteiger partial charge in [0.2, 0.25) is 5.91 Å². The number of carboxylic acid groups (broad SMARTS) is 1. The van der Waals surface area contributed by atoms with E-state index in [2.05, 4.69) is 10.6 Å². The second-order valence-electron chi connectivity index (χ2n) is 4.75. The molecule has 3 N–H and O–H groups in total. The maximum absolute atomic E-state index is 11.7. The number of urea groups is 1. The van der Waals surface area contributed by atoms with Gasteiger partial charge in [-0.2, -0.15) is 0 Å². The Balaban J connectivity index is 4.43. The Morgan fingerprint density at radius 3 is 2.22 bits per heavy atom. The molecule has 1 atom stereocenters. The molecule has 0 radical (unpaired) electrons. The van der Waals surface area contributed by atoms with Crippen LogP contribution < -0.4 is 10.6 Å². The first kappa shape index (κ1) is 16.2. The van der Waals surface area contributed by atoms with Crippen LogP contribution in [0, 0.1) is 5.41 Å². The zero-order valence-electron chi connectivity index (χ0n) is 11.4. The fourth-order valence-corrected chi connectivity index (χ4v) is 1.18. The van der Waals surface area contributed by atoms with Crippen molar-refractivity contribution in [1.82, 2.24) is 15.5 Å². The number of likely N-dealkylation sites (N-methyl/N-ethyl adjacent to an activating group) is 1. The van der Waals surface area contributed by atoms with Crippen molar-refractivity contribution in [3.8, 4) is 0 Å². The number of hydrogen-bond acceptors (Lipinski definition) is 3. The molecule has 104 valence electrons. The summed E-state index contributed by atoms with van der Waals surface area (Å²) in [6.07, 6.45) is 0. The van der Waals surface area contributed by atoms with Gasteiger partial charge in [-0.3, -0.25) is 4.79 Å². The summed E-state index contributed by atoms with van der Waals surface area (Å²) in [6.45, 7) is 4.91. The SMILES string of the molecule is CNC(=O)C(C)(C)CNC(=O)N(C)C(C)C(=O)O. The van der Waals surface area contributed by atoms with Gasteiger partial charge in [-0.15, -0.1) is 0 Å². The molecule has 18 heavy (non-hydrogen) atoms. The molecule has 0 aliphatic carbocycles. The van der Waals surface area contributed by atoms with E-state index in [1.165, 1.54) is 21.0 Å². The van der Waals surface area contributed by atoms with Crippen LogP contribution in [0.3, 0.4) is 0 Å². The van der Waals surface area contributed by atoms with Gasteiger partial charge < -0.3 is 20.6 Å². The van der Waals surface area contributed by atoms with Crippen molar-refractivity contribution in [2.45, 2.75) is 26.8 Å². The first-order valence-electron chi connectivity index (χ1n) is 5.59. The second-order valence-corrected chi connectivity index (χ2v) is 4.75. The van der Waals surface area contributed by atoms with E-state index in [1.807, 2.05) is 0 Å². The molecular weight excluding hydrogens is 238 g/mol. The van der Waals surface area contributed by atoms with Gasteiger partial charge in [0.1, 0.15) is 6.04 Å². The number of carbonyl (C=O) groups is 3. The number of aliphatic carboxylic acids is 1. The number of hydrogen-bond donors (Lipinski definition) is 3. The number of carbonyl (C=O) groups excluding carboxylic acids is 2. The normalized spacial score (nSPS) is 12.5. The third kappa shape index (κ3) is 4.23. The van der Waals surface area contributed by atoms with Gasteiger partial charge in [0, 0.05) is 20.6 Å². The lowest BCUT2D eigenvalue weighted by atomic mass is 9.92. The molecule has 1 unspecified atom stereocenters. The molecule has 0 bridgehead atoms. The van der Waals surface area contributed by atoms with Gasteiger partial charge in [0.15, 0.2) is 0 Å². The van der Waals surface area contributed by atoms with Crippen LogP contribution in [0.4, 0.5) is 4.79 Å². The summed E-state index contributed by atoms with van der Waals surface area (Å²) < 4.78 is 0. The Morgan fingerprint density at radius 2 is 1.83 bits per heavy atom. The summed E-state index contributed by atoms with van der Waals surface area (Å²) in [5.41, 5.74) is -0.752. The molecule has 0 aliphatic heterocycles. The van der Waals surface area contributed by atoms with Gasteiger partial charge in [0.25, 0.3) is 0 Å². The summed E-state index contributed by atoms with van der Waals surface area (Å²) in [4.78, 5) is 34.9. The van der Waals surface area contributed by atoms with Crippen molar-refractivity contribution < 1.29 is 19.5 Å². The monoisotopic (exact) mass is 259 g/mol. The predicted octanol–water partition coefficient (Wildman–Crippen LogP) is -0.127. The van der Waals surface area contributed by atoms with Gasteiger partial charge in [0.05, 0.1) is 5.41 Å². The molecule has 0 aliphatic rings. The minimum absolute atomic E-state index is 0.127. The van der Waals surface area contributed by atoms with E-state index >= 15 is 0 Å². The quantitative estimate of drug-likeness (QED) is 0.640. The summed E-state index contributed by atoms with van der Waals surface area (Å²) in [7, 11) is 2.91. The number of amides is 3. The van der Waals surface area contributed by atoms with E-state index in [0.717, 1.165) is 4.90 Å². The molecule has 0 fully saturated rings. The molecule has 0 saturated heterocycles. The van der Waals surface area contributed by atoms with Crippen LogP contribution in [0.15, 0.2) is 0 Å². The minimum Gasteiger partial charge on any atom is -0.480 e. The van der Waals surface area contributed by atoms with E-state index in [1.54, 1.807) is 13.8 Å². The largest absolute Gasteiger partial charge is 0.480 e. The molecule has 0 rings (SSSR count). The van der Waals surface area contributed by atoms with Gasteiger partial charge in [-0.25, -0.2) is 9.59 Å². The Labute approximate surface area is 107 Å². The van der Waals surface area contributed by atoms with E-state index in [0.29, 0.717) is 0 Å². The van der Waals surface area contributed by atoms with Crippen LogP contribution in [-0.4, -0.2) is 54.6 Å². The Kier molecular flexibility index (Phi) is 5.61. The van der Waals surface area contributed by atoms with E-state index < -0.39 is 23.5 Å². The fraction of sp³-hybridized carbons (Fsp3) is 0.727. The third-order valence-corrected chi connectivity index (χ3v) is 2.78. The molecule has 7 heteroatoms. The molecule has 0 heterocycles. The Bertz CT molecular complexity index is 341. The summed E-state index contributed by atoms with van der Waals surface area (Å²) >= 11 is 0. The minimum atomic E-state index is -1.08. The van der Waals surface area contributed by atoms with Gasteiger partial charge in [-0.05, 0) is 20.8 Å². The molecular formula is C11H21N3O4. The highest BCUT2D eigenvalue weighted by atomic mass is 16.4. The Morgan fingerprint density at radius 1 is 1.33 bits per heavy atom. The van der Waals surface area contributed by atoms with Crippen molar-refractivity contribution in [2.24, 2.45) is 5.41 Å². The first-order valence-corrected chi connectivity index (χ1v) is 5.59. The summed E-state index contributed by atoms with van der Waals surface area (Å²) in [5, 5.41) is 13.8. The van der Waals surface area contributed by atoms with E-state index in [9.17, 15) is 14.4 Å². The molecule has 0 spiro atoms. The zero-order valence-corrected chi connectivity index (χ0v) is 11.4. The third-order valence-electron chi connectivity index (χ3n) is 2.78. The van der Waals surface area contributed by atoms with Crippen LogP contribution in [0.2, 0.25) is 0 Å². The summed E-state index contributed by atoms with van der Waals surface area (Å²) in [5.74, 6) is -1.28. The molecule has 0 aromatic carbocycles. The van der Waals surface area contributed by atoms with Crippen molar-refractivity contribution in [1.29, 1.82) is 0 Å². The van der Waals surface area contributed by atoms with Crippen LogP contribution in [0.25, 0.3) is 0 Å². The molecule has 0 aromatic heterocycles. The number of rotatable bonds is 5. The lowest BCUT2D eigenvalue weighted by molar-refractivity contribution is -0.141. The average Bonchev–Trinajstić information content (AvgIpc) is 2.32. The maximum atomic E-state index is 11.7. The van der Waals surface area contributed by atoms with Crippen molar-refractivity contribution in [3.63, 3.8) is 0 Å². The number of nitrogens with zero attached hydrogens (tertiary/aromatic N) is 1. The van der Waals surface area contributed by atoms with Crippen LogP contribution in [-0.2, 0) is 9.59 Å². The number of carboxylic acids is 1. The smallest absolute Gasteiger partial charge is 0.326 e. The van der Waals surface area contributed by atoms with Gasteiger partial charge in [-0.1, -0.05) is 0 Å². The second kappa shape index (κ2) is 6.23. The molecule has 3 amide bonds. The van der Waals surface area contributed by atoms with Crippen molar-refractivity contribution in [2.75, 3.05) is 20.6 Å². The van der Waals surface area contributed by atoms with Crippen LogP contribution in [0.5, 0.6) is 0 Å². The maximum Gasteiger partial charge on any atom is 0.326 e. The topological polar surface area (TPSA) is 98.7 Å². The first-order chi connectivity index (χ1) is 8.13. The van der Waals surface area contributed by atoms with Crippen molar-refractivity contribution >= 4 is 17.9 Å². The highest BCUT2D eigenvalue weighted by Crippen LogP contribution is 2.13. The van der Waals surface area contributed by atoms with Gasteiger partial charge >= 0.3 is 12.0 Å². The van der Waals surface area contributed by atoms with Crippen LogP contribution in [0.1, 0.15) is 20.8 Å². The number of nitrogens with one attached hydrogen (secondary N) is 2. The molecule has 7 nitrogen and oxygen atoms in total. The Hall–Kier alpha value is -1.79.